The van der Waals surface area contributed by atoms with Crippen LogP contribution in [0.4, 0.5) is 5.69 Å². The fourth-order valence-electron chi connectivity index (χ4n) is 2.12. The third-order valence-electron chi connectivity index (χ3n) is 3.27. The van der Waals surface area contributed by atoms with E-state index in [1.165, 1.54) is 17.7 Å². The Labute approximate surface area is 128 Å². The van der Waals surface area contributed by atoms with Gasteiger partial charge in [-0.2, -0.15) is 0 Å². The lowest BCUT2D eigenvalue weighted by atomic mass is 10.1. The van der Waals surface area contributed by atoms with Gasteiger partial charge < -0.3 is 5.32 Å². The normalized spacial score (nSPS) is 12.1. The number of non-ortho nitro benzene ring substituents is 1. The van der Waals surface area contributed by atoms with Crippen molar-refractivity contribution < 1.29 is 4.92 Å². The first-order chi connectivity index (χ1) is 10.1. The van der Waals surface area contributed by atoms with Crippen LogP contribution in [-0.4, -0.2) is 11.0 Å². The maximum atomic E-state index is 10.7. The van der Waals surface area contributed by atoms with Crippen molar-refractivity contribution in [1.29, 1.82) is 0 Å². The zero-order chi connectivity index (χ0) is 15.2. The topological polar surface area (TPSA) is 55.2 Å². The third-order valence-corrected chi connectivity index (χ3v) is 3.63. The quantitative estimate of drug-likeness (QED) is 0.649. The molecule has 0 bridgehead atoms. The van der Waals surface area contributed by atoms with E-state index in [1.807, 2.05) is 18.2 Å². The molecule has 0 radical (unpaired) electrons. The Kier molecular flexibility index (Phi) is 5.31. The lowest BCUT2D eigenvalue weighted by Gasteiger charge is -2.14. The zero-order valence-electron chi connectivity index (χ0n) is 11.8. The lowest BCUT2D eigenvalue weighted by molar-refractivity contribution is -0.384. The maximum Gasteiger partial charge on any atom is 0.270 e. The molecule has 1 N–H and O–H groups in total. The van der Waals surface area contributed by atoms with Gasteiger partial charge in [0.15, 0.2) is 0 Å². The minimum absolute atomic E-state index is 0.0149. The van der Waals surface area contributed by atoms with E-state index in [0.29, 0.717) is 17.6 Å². The van der Waals surface area contributed by atoms with Gasteiger partial charge in [-0.25, -0.2) is 0 Å². The van der Waals surface area contributed by atoms with E-state index in [0.717, 1.165) is 12.0 Å². The number of nitrogens with zero attached hydrogens (tertiary/aromatic N) is 1. The summed E-state index contributed by atoms with van der Waals surface area (Å²) < 4.78 is 0. The summed E-state index contributed by atoms with van der Waals surface area (Å²) in [7, 11) is 0. The second-order valence-corrected chi connectivity index (χ2v) is 5.41. The molecule has 1 unspecified atom stereocenters. The van der Waals surface area contributed by atoms with Crippen molar-refractivity contribution in [2.75, 3.05) is 0 Å². The first-order valence-electron chi connectivity index (χ1n) is 6.76. The Bertz CT molecular complexity index is 617. The molecule has 0 aliphatic heterocycles. The van der Waals surface area contributed by atoms with Crippen LogP contribution in [0.1, 0.15) is 18.1 Å². The summed E-state index contributed by atoms with van der Waals surface area (Å²) >= 11 is 6.07. The largest absolute Gasteiger partial charge is 0.310 e. The van der Waals surface area contributed by atoms with Crippen molar-refractivity contribution in [2.45, 2.75) is 25.9 Å². The van der Waals surface area contributed by atoms with Gasteiger partial charge in [0.1, 0.15) is 0 Å². The molecule has 0 fully saturated rings. The highest BCUT2D eigenvalue weighted by Crippen LogP contribution is 2.22. The predicted molar refractivity (Wildman–Crippen MR) is 84.6 cm³/mol. The molecule has 110 valence electrons. The second-order valence-electron chi connectivity index (χ2n) is 5.00. The summed E-state index contributed by atoms with van der Waals surface area (Å²) in [5.41, 5.74) is 2.15. The van der Waals surface area contributed by atoms with E-state index in [-0.39, 0.29) is 5.69 Å². The molecule has 0 aliphatic rings. The predicted octanol–water partition coefficient (Wildman–Crippen LogP) is 3.97. The van der Waals surface area contributed by atoms with Crippen LogP contribution in [0, 0.1) is 10.1 Å². The number of nitro benzene ring substituents is 1. The highest BCUT2D eigenvalue weighted by atomic mass is 35.5. The molecule has 0 aromatic heterocycles. The van der Waals surface area contributed by atoms with Gasteiger partial charge in [-0.15, -0.1) is 0 Å². The highest BCUT2D eigenvalue weighted by Gasteiger charge is 2.10. The molecule has 2 aromatic carbocycles. The molecule has 0 heterocycles. The van der Waals surface area contributed by atoms with Crippen LogP contribution in [0.5, 0.6) is 0 Å². The smallest absolute Gasteiger partial charge is 0.270 e. The molecule has 21 heavy (non-hydrogen) atoms. The first kappa shape index (κ1) is 15.5. The van der Waals surface area contributed by atoms with E-state index in [1.54, 1.807) is 6.07 Å². The molecule has 0 spiro atoms. The average Bonchev–Trinajstić information content (AvgIpc) is 2.47. The number of rotatable bonds is 6. The SMILES string of the molecule is CC(Cc1ccccc1)NCc1ccc([N+](=O)[O-])cc1Cl. The van der Waals surface area contributed by atoms with Gasteiger partial charge in [0.05, 0.1) is 9.95 Å². The van der Waals surface area contributed by atoms with Gasteiger partial charge >= 0.3 is 0 Å². The Morgan fingerprint density at radius 2 is 1.95 bits per heavy atom. The molecule has 0 aliphatic carbocycles. The van der Waals surface area contributed by atoms with Gasteiger partial charge in [-0.05, 0) is 30.5 Å². The van der Waals surface area contributed by atoms with Gasteiger partial charge in [0.2, 0.25) is 0 Å². The van der Waals surface area contributed by atoms with E-state index in [9.17, 15) is 10.1 Å². The first-order valence-corrected chi connectivity index (χ1v) is 7.14. The Hall–Kier alpha value is -1.91. The summed E-state index contributed by atoms with van der Waals surface area (Å²) in [6.07, 6.45) is 0.922. The fourth-order valence-corrected chi connectivity index (χ4v) is 2.36. The van der Waals surface area contributed by atoms with Crippen LogP contribution in [0.2, 0.25) is 5.02 Å². The minimum atomic E-state index is -0.443. The van der Waals surface area contributed by atoms with Crippen LogP contribution < -0.4 is 5.32 Å². The standard InChI is InChI=1S/C16H17ClN2O2/c1-12(9-13-5-3-2-4-6-13)18-11-14-7-8-15(19(20)21)10-16(14)17/h2-8,10,12,18H,9,11H2,1H3. The van der Waals surface area contributed by atoms with Crippen molar-refractivity contribution in [3.8, 4) is 0 Å². The monoisotopic (exact) mass is 304 g/mol. The summed E-state index contributed by atoms with van der Waals surface area (Å²) in [6.45, 7) is 2.69. The van der Waals surface area contributed by atoms with E-state index in [2.05, 4.69) is 24.4 Å². The Balaban J connectivity index is 1.92. The van der Waals surface area contributed by atoms with Gasteiger partial charge in [0.25, 0.3) is 5.69 Å². The summed E-state index contributed by atoms with van der Waals surface area (Å²) in [4.78, 5) is 10.2. The third kappa shape index (κ3) is 4.55. The van der Waals surface area contributed by atoms with Gasteiger partial charge in [-0.3, -0.25) is 10.1 Å². The number of halogens is 1. The molecule has 1 atom stereocenters. The number of benzene rings is 2. The molecule has 4 nitrogen and oxygen atoms in total. The minimum Gasteiger partial charge on any atom is -0.310 e. The summed E-state index contributed by atoms with van der Waals surface area (Å²) in [5.74, 6) is 0. The van der Waals surface area contributed by atoms with Crippen molar-refractivity contribution in [3.63, 3.8) is 0 Å². The van der Waals surface area contributed by atoms with Crippen LogP contribution in [0.15, 0.2) is 48.5 Å². The molecule has 0 saturated carbocycles. The molecule has 0 amide bonds. The van der Waals surface area contributed by atoms with Crippen molar-refractivity contribution in [1.82, 2.24) is 5.32 Å². The Morgan fingerprint density at radius 3 is 2.57 bits per heavy atom. The molecule has 2 rings (SSSR count). The number of hydrogen-bond donors (Lipinski definition) is 1. The van der Waals surface area contributed by atoms with Crippen LogP contribution >= 0.6 is 11.6 Å². The van der Waals surface area contributed by atoms with E-state index in [4.69, 9.17) is 11.6 Å². The van der Waals surface area contributed by atoms with Crippen LogP contribution in [-0.2, 0) is 13.0 Å². The van der Waals surface area contributed by atoms with E-state index >= 15 is 0 Å². The van der Waals surface area contributed by atoms with Crippen molar-refractivity contribution >= 4 is 17.3 Å². The molecule has 0 saturated heterocycles. The fraction of sp³-hybridized carbons (Fsp3) is 0.250. The van der Waals surface area contributed by atoms with Gasteiger partial charge in [-0.1, -0.05) is 41.9 Å². The maximum absolute atomic E-state index is 10.7. The lowest BCUT2D eigenvalue weighted by Crippen LogP contribution is -2.27. The molecule has 2 aromatic rings. The number of nitro groups is 1. The summed E-state index contributed by atoms with van der Waals surface area (Å²) in [5, 5.41) is 14.5. The Morgan fingerprint density at radius 1 is 1.24 bits per heavy atom. The second kappa shape index (κ2) is 7.20. The van der Waals surface area contributed by atoms with E-state index < -0.39 is 4.92 Å². The number of nitrogens with one attached hydrogen (secondary N) is 1. The van der Waals surface area contributed by atoms with Gasteiger partial charge in [0, 0.05) is 24.7 Å². The van der Waals surface area contributed by atoms with Crippen LogP contribution in [0.3, 0.4) is 0 Å². The summed E-state index contributed by atoms with van der Waals surface area (Å²) in [6, 6.07) is 15.1. The number of hydrogen-bond acceptors (Lipinski definition) is 3. The molecular weight excluding hydrogens is 288 g/mol. The zero-order valence-corrected chi connectivity index (χ0v) is 12.5. The van der Waals surface area contributed by atoms with Crippen molar-refractivity contribution in [3.05, 3.63) is 74.8 Å². The molecular formula is C16H17ClN2O2. The highest BCUT2D eigenvalue weighted by molar-refractivity contribution is 6.31. The average molecular weight is 305 g/mol. The van der Waals surface area contributed by atoms with Crippen LogP contribution in [0.25, 0.3) is 0 Å². The van der Waals surface area contributed by atoms with Crippen molar-refractivity contribution in [2.24, 2.45) is 0 Å². The molecule has 5 heteroatoms.